The summed E-state index contributed by atoms with van der Waals surface area (Å²) in [6.45, 7) is 4.04. The maximum atomic E-state index is 12.6. The smallest absolute Gasteiger partial charge is 0.244 e. The van der Waals surface area contributed by atoms with Gasteiger partial charge in [0.15, 0.2) is 9.84 Å². The van der Waals surface area contributed by atoms with Gasteiger partial charge in [-0.05, 0) is 24.6 Å². The average Bonchev–Trinajstić information content (AvgIpc) is 2.90. The predicted octanol–water partition coefficient (Wildman–Crippen LogP) is 1.74. The van der Waals surface area contributed by atoms with Gasteiger partial charge in [-0.25, -0.2) is 16.8 Å². The molecule has 0 aromatic heterocycles. The molecule has 0 bridgehead atoms. The summed E-state index contributed by atoms with van der Waals surface area (Å²) in [4.78, 5) is 12.1. The lowest BCUT2D eigenvalue weighted by molar-refractivity contribution is -0.119. The summed E-state index contributed by atoms with van der Waals surface area (Å²) in [7, 11) is -6.95. The Balaban J connectivity index is 2.26. The minimum Gasteiger partial charge on any atom is -0.326 e. The number of hydrogen-bond donors (Lipinski definition) is 1. The van der Waals surface area contributed by atoms with Crippen LogP contribution in [0.4, 0.5) is 5.69 Å². The molecule has 1 aromatic rings. The molecule has 1 amide bonds. The summed E-state index contributed by atoms with van der Waals surface area (Å²) in [6.07, 6.45) is 0.270. The van der Waals surface area contributed by atoms with Crippen LogP contribution in [0, 0.1) is 5.92 Å². The molecule has 7 nitrogen and oxygen atoms in total. The molecule has 140 valence electrons. The van der Waals surface area contributed by atoms with Crippen LogP contribution in [-0.4, -0.2) is 51.6 Å². The number of halogens is 1. The van der Waals surface area contributed by atoms with Gasteiger partial charge < -0.3 is 5.32 Å². The monoisotopic (exact) mass is 408 g/mol. The Labute approximate surface area is 153 Å². The average molecular weight is 409 g/mol. The topological polar surface area (TPSA) is 101 Å². The normalized spacial score (nSPS) is 19.9. The van der Waals surface area contributed by atoms with Crippen molar-refractivity contribution in [2.24, 2.45) is 5.92 Å². The van der Waals surface area contributed by atoms with Gasteiger partial charge >= 0.3 is 0 Å². The number of sulfone groups is 1. The van der Waals surface area contributed by atoms with Gasteiger partial charge in [-0.2, -0.15) is 4.31 Å². The predicted molar refractivity (Wildman–Crippen MR) is 96.9 cm³/mol. The van der Waals surface area contributed by atoms with E-state index in [-0.39, 0.29) is 33.5 Å². The zero-order valence-corrected chi connectivity index (χ0v) is 16.4. The van der Waals surface area contributed by atoms with Crippen molar-refractivity contribution < 1.29 is 21.6 Å². The van der Waals surface area contributed by atoms with Crippen LogP contribution in [-0.2, 0) is 24.7 Å². The molecule has 0 spiro atoms. The highest BCUT2D eigenvalue weighted by atomic mass is 35.5. The van der Waals surface area contributed by atoms with E-state index >= 15 is 0 Å². The molecule has 1 aliphatic rings. The van der Waals surface area contributed by atoms with E-state index in [0.29, 0.717) is 13.1 Å². The van der Waals surface area contributed by atoms with Crippen LogP contribution < -0.4 is 5.32 Å². The third kappa shape index (κ3) is 4.52. The largest absolute Gasteiger partial charge is 0.326 e. The number of carbonyl (C=O) groups is 1. The summed E-state index contributed by atoms with van der Waals surface area (Å²) >= 11 is 6.04. The van der Waals surface area contributed by atoms with E-state index < -0.39 is 31.7 Å². The van der Waals surface area contributed by atoms with Gasteiger partial charge in [0.05, 0.1) is 22.4 Å². The molecule has 2 rings (SSSR count). The van der Waals surface area contributed by atoms with Crippen LogP contribution >= 0.6 is 11.6 Å². The van der Waals surface area contributed by atoms with Gasteiger partial charge in [0.25, 0.3) is 0 Å². The van der Waals surface area contributed by atoms with Crippen LogP contribution in [0.15, 0.2) is 23.1 Å². The fourth-order valence-corrected chi connectivity index (χ4v) is 6.43. The summed E-state index contributed by atoms with van der Waals surface area (Å²) in [5.74, 6) is -1.25. The zero-order valence-electron chi connectivity index (χ0n) is 14.0. The number of hydrogen-bond acceptors (Lipinski definition) is 5. The van der Waals surface area contributed by atoms with Crippen molar-refractivity contribution in [1.82, 2.24) is 4.31 Å². The molecule has 1 N–H and O–H groups in total. The number of anilines is 1. The van der Waals surface area contributed by atoms with Crippen LogP contribution in [0.1, 0.15) is 20.3 Å². The highest BCUT2D eigenvalue weighted by molar-refractivity contribution is 7.91. The summed E-state index contributed by atoms with van der Waals surface area (Å²) in [5, 5.41) is 2.65. The van der Waals surface area contributed by atoms with Crippen molar-refractivity contribution in [2.45, 2.75) is 25.2 Å². The molecule has 0 unspecified atom stereocenters. The molecule has 1 saturated heterocycles. The van der Waals surface area contributed by atoms with Crippen molar-refractivity contribution in [2.75, 3.05) is 29.9 Å². The van der Waals surface area contributed by atoms with Crippen LogP contribution in [0.25, 0.3) is 0 Å². The SMILES string of the molecule is CCN(CC)S(=O)(=O)c1cc(NC(=O)[C@@H]2CCS(=O)(=O)C2)ccc1Cl. The van der Waals surface area contributed by atoms with E-state index in [0.717, 1.165) is 0 Å². The third-order valence-corrected chi connectivity index (χ3v) is 8.42. The van der Waals surface area contributed by atoms with E-state index in [1.807, 2.05) is 0 Å². The van der Waals surface area contributed by atoms with Crippen LogP contribution in [0.2, 0.25) is 5.02 Å². The van der Waals surface area contributed by atoms with E-state index in [9.17, 15) is 21.6 Å². The maximum absolute atomic E-state index is 12.6. The van der Waals surface area contributed by atoms with Crippen molar-refractivity contribution in [3.05, 3.63) is 23.2 Å². The second-order valence-electron chi connectivity index (χ2n) is 5.82. The number of amides is 1. The Hall–Kier alpha value is -1.16. The fraction of sp³-hybridized carbons (Fsp3) is 0.533. The van der Waals surface area contributed by atoms with Gasteiger partial charge in [0, 0.05) is 18.8 Å². The first-order valence-electron chi connectivity index (χ1n) is 7.91. The molecule has 25 heavy (non-hydrogen) atoms. The van der Waals surface area contributed by atoms with Crippen LogP contribution in [0.3, 0.4) is 0 Å². The van der Waals surface area contributed by atoms with Gasteiger partial charge in [0.1, 0.15) is 4.90 Å². The second kappa shape index (κ2) is 7.61. The molecule has 1 aromatic carbocycles. The van der Waals surface area contributed by atoms with Crippen molar-refractivity contribution >= 4 is 43.1 Å². The van der Waals surface area contributed by atoms with Gasteiger partial charge in [-0.15, -0.1) is 0 Å². The lowest BCUT2D eigenvalue weighted by Gasteiger charge is -2.20. The first-order valence-corrected chi connectivity index (χ1v) is 11.6. The Bertz CT molecular complexity index is 864. The summed E-state index contributed by atoms with van der Waals surface area (Å²) in [5.41, 5.74) is 0.268. The first-order chi connectivity index (χ1) is 11.6. The first kappa shape index (κ1) is 20.2. The number of rotatable bonds is 6. The van der Waals surface area contributed by atoms with Crippen LogP contribution in [0.5, 0.6) is 0 Å². The quantitative estimate of drug-likeness (QED) is 0.772. The lowest BCUT2D eigenvalue weighted by Crippen LogP contribution is -2.31. The maximum Gasteiger partial charge on any atom is 0.244 e. The minimum absolute atomic E-state index is 0.00665. The molecule has 1 aliphatic heterocycles. The van der Waals surface area contributed by atoms with E-state index in [1.165, 1.54) is 22.5 Å². The van der Waals surface area contributed by atoms with Crippen molar-refractivity contribution in [3.8, 4) is 0 Å². The summed E-state index contributed by atoms with van der Waals surface area (Å²) < 4.78 is 49.5. The number of sulfonamides is 1. The molecule has 0 radical (unpaired) electrons. The highest BCUT2D eigenvalue weighted by Crippen LogP contribution is 2.28. The molecule has 1 fully saturated rings. The number of nitrogens with zero attached hydrogens (tertiary/aromatic N) is 1. The standard InChI is InChI=1S/C15H21ClN2O5S2/c1-3-18(4-2)25(22,23)14-9-12(5-6-13(14)16)17-15(19)11-7-8-24(20,21)10-11/h5-6,9,11H,3-4,7-8,10H2,1-2H3,(H,17,19)/t11-/m1/s1. The molecular weight excluding hydrogens is 388 g/mol. The third-order valence-electron chi connectivity index (χ3n) is 4.13. The van der Waals surface area contributed by atoms with Gasteiger partial charge in [-0.1, -0.05) is 25.4 Å². The second-order valence-corrected chi connectivity index (χ2v) is 10.4. The lowest BCUT2D eigenvalue weighted by atomic mass is 10.1. The minimum atomic E-state index is -3.77. The van der Waals surface area contributed by atoms with Gasteiger partial charge in [-0.3, -0.25) is 4.79 Å². The van der Waals surface area contributed by atoms with Gasteiger partial charge in [0.2, 0.25) is 15.9 Å². The van der Waals surface area contributed by atoms with E-state index in [4.69, 9.17) is 11.6 Å². The van der Waals surface area contributed by atoms with E-state index in [2.05, 4.69) is 5.32 Å². The van der Waals surface area contributed by atoms with Crippen molar-refractivity contribution in [1.29, 1.82) is 0 Å². The molecule has 0 saturated carbocycles. The summed E-state index contributed by atoms with van der Waals surface area (Å²) in [6, 6.07) is 4.20. The number of nitrogens with one attached hydrogen (secondary N) is 1. The number of benzene rings is 1. The Morgan fingerprint density at radius 1 is 1.32 bits per heavy atom. The van der Waals surface area contributed by atoms with E-state index in [1.54, 1.807) is 13.8 Å². The molecular formula is C15H21ClN2O5S2. The Kier molecular flexibility index (Phi) is 6.13. The van der Waals surface area contributed by atoms with Crippen molar-refractivity contribution in [3.63, 3.8) is 0 Å². The molecule has 1 heterocycles. The number of carbonyl (C=O) groups excluding carboxylic acids is 1. The Morgan fingerprint density at radius 2 is 1.96 bits per heavy atom. The molecule has 10 heteroatoms. The Morgan fingerprint density at radius 3 is 2.48 bits per heavy atom. The highest BCUT2D eigenvalue weighted by Gasteiger charge is 2.33. The molecule has 1 atom stereocenters. The zero-order chi connectivity index (χ0) is 18.8. The fourth-order valence-electron chi connectivity index (χ4n) is 2.73. The molecule has 0 aliphatic carbocycles.